The highest BCUT2D eigenvalue weighted by molar-refractivity contribution is 7.92. The van der Waals surface area contributed by atoms with Crippen LogP contribution in [0.15, 0.2) is 48.5 Å². The van der Waals surface area contributed by atoms with Crippen molar-refractivity contribution in [1.29, 1.82) is 0 Å². The van der Waals surface area contributed by atoms with Gasteiger partial charge in [0.25, 0.3) is 0 Å². The van der Waals surface area contributed by atoms with Crippen LogP contribution in [0.25, 0.3) is 0 Å². The van der Waals surface area contributed by atoms with Gasteiger partial charge in [-0.25, -0.2) is 13.2 Å². The minimum absolute atomic E-state index is 0.273. The van der Waals surface area contributed by atoms with Gasteiger partial charge in [-0.3, -0.25) is 9.10 Å². The van der Waals surface area contributed by atoms with Gasteiger partial charge in [-0.05, 0) is 62.7 Å². The molecule has 0 saturated carbocycles. The van der Waals surface area contributed by atoms with Crippen molar-refractivity contribution in [2.75, 3.05) is 22.5 Å². The van der Waals surface area contributed by atoms with Crippen molar-refractivity contribution in [2.24, 2.45) is 0 Å². The predicted octanol–water partition coefficient (Wildman–Crippen LogP) is 2.96. The average molecular weight is 404 g/mol. The molecule has 2 aromatic rings. The number of nitrogens with one attached hydrogen (secondary N) is 1. The van der Waals surface area contributed by atoms with E-state index in [0.717, 1.165) is 16.1 Å². The Kier molecular flexibility index (Phi) is 6.80. The summed E-state index contributed by atoms with van der Waals surface area (Å²) in [7, 11) is -3.68. The number of amides is 1. The van der Waals surface area contributed by atoms with Gasteiger partial charge in [-0.1, -0.05) is 12.1 Å². The number of hydrogen-bond donors (Lipinski definition) is 1. The number of benzene rings is 2. The third-order valence-electron chi connectivity index (χ3n) is 4.01. The SMILES string of the molecule is CCOC(=O)c1ccc(NC(=O)C(C)N(c2cccc(C)c2)S(C)(=O)=O)cc1. The first-order valence-corrected chi connectivity index (χ1v) is 10.6. The molecule has 1 atom stereocenters. The zero-order chi connectivity index (χ0) is 20.9. The minimum atomic E-state index is -3.68. The Bertz CT molecular complexity index is 955. The summed E-state index contributed by atoms with van der Waals surface area (Å²) in [5, 5.41) is 2.68. The van der Waals surface area contributed by atoms with Gasteiger partial charge in [0, 0.05) is 5.69 Å². The van der Waals surface area contributed by atoms with Crippen molar-refractivity contribution in [3.63, 3.8) is 0 Å². The van der Waals surface area contributed by atoms with Gasteiger partial charge in [0.2, 0.25) is 15.9 Å². The molecule has 0 aliphatic carbocycles. The van der Waals surface area contributed by atoms with Crippen molar-refractivity contribution in [1.82, 2.24) is 0 Å². The first kappa shape index (κ1) is 21.4. The molecule has 7 nitrogen and oxygen atoms in total. The predicted molar refractivity (Wildman–Crippen MR) is 109 cm³/mol. The summed E-state index contributed by atoms with van der Waals surface area (Å²) in [6, 6.07) is 12.2. The van der Waals surface area contributed by atoms with Crippen LogP contribution in [-0.4, -0.2) is 39.2 Å². The maximum Gasteiger partial charge on any atom is 0.338 e. The Morgan fingerprint density at radius 2 is 1.79 bits per heavy atom. The molecule has 0 spiro atoms. The second-order valence-corrected chi connectivity index (χ2v) is 8.22. The van der Waals surface area contributed by atoms with E-state index in [1.807, 2.05) is 13.0 Å². The largest absolute Gasteiger partial charge is 0.462 e. The Morgan fingerprint density at radius 1 is 1.14 bits per heavy atom. The molecular formula is C20H24N2O5S. The fourth-order valence-electron chi connectivity index (χ4n) is 2.72. The maximum absolute atomic E-state index is 12.7. The van der Waals surface area contributed by atoms with E-state index >= 15 is 0 Å². The highest BCUT2D eigenvalue weighted by Crippen LogP contribution is 2.22. The topological polar surface area (TPSA) is 92.8 Å². The number of ether oxygens (including phenoxy) is 1. The number of carbonyl (C=O) groups is 2. The van der Waals surface area contributed by atoms with E-state index in [1.165, 1.54) is 19.1 Å². The molecule has 1 amide bonds. The van der Waals surface area contributed by atoms with Gasteiger partial charge in [0.1, 0.15) is 6.04 Å². The van der Waals surface area contributed by atoms with Crippen LogP contribution < -0.4 is 9.62 Å². The molecule has 0 fully saturated rings. The molecule has 2 aromatic carbocycles. The van der Waals surface area contributed by atoms with Gasteiger partial charge < -0.3 is 10.1 Å². The molecule has 150 valence electrons. The number of esters is 1. The Balaban J connectivity index is 2.20. The van der Waals surface area contributed by atoms with E-state index < -0.39 is 27.9 Å². The molecular weight excluding hydrogens is 380 g/mol. The molecule has 28 heavy (non-hydrogen) atoms. The first-order chi connectivity index (χ1) is 13.1. The van der Waals surface area contributed by atoms with Gasteiger partial charge in [-0.15, -0.1) is 0 Å². The van der Waals surface area contributed by atoms with E-state index in [2.05, 4.69) is 5.32 Å². The summed E-state index contributed by atoms with van der Waals surface area (Å²) in [5.41, 5.74) is 2.11. The van der Waals surface area contributed by atoms with Crippen LogP contribution in [0.5, 0.6) is 0 Å². The molecule has 1 N–H and O–H groups in total. The fraction of sp³-hybridized carbons (Fsp3) is 0.300. The lowest BCUT2D eigenvalue weighted by molar-refractivity contribution is -0.116. The van der Waals surface area contributed by atoms with Crippen molar-refractivity contribution in [3.8, 4) is 0 Å². The molecule has 1 unspecified atom stereocenters. The lowest BCUT2D eigenvalue weighted by Gasteiger charge is -2.28. The summed E-state index contributed by atoms with van der Waals surface area (Å²) in [6.45, 7) is 5.36. The van der Waals surface area contributed by atoms with Crippen LogP contribution in [0.4, 0.5) is 11.4 Å². The van der Waals surface area contributed by atoms with Crippen molar-refractivity contribution in [2.45, 2.75) is 26.8 Å². The highest BCUT2D eigenvalue weighted by Gasteiger charge is 2.29. The number of nitrogens with zero attached hydrogens (tertiary/aromatic N) is 1. The fourth-order valence-corrected chi connectivity index (χ4v) is 3.89. The molecule has 0 saturated heterocycles. The van der Waals surface area contributed by atoms with E-state index in [4.69, 9.17) is 4.74 Å². The maximum atomic E-state index is 12.7. The quantitative estimate of drug-likeness (QED) is 0.716. The number of hydrogen-bond acceptors (Lipinski definition) is 5. The van der Waals surface area contributed by atoms with Crippen LogP contribution >= 0.6 is 0 Å². The molecule has 0 aliphatic heterocycles. The number of carbonyl (C=O) groups excluding carboxylic acids is 2. The molecule has 0 aliphatic rings. The van der Waals surface area contributed by atoms with Crippen molar-refractivity contribution < 1.29 is 22.7 Å². The highest BCUT2D eigenvalue weighted by atomic mass is 32.2. The molecule has 0 heterocycles. The smallest absolute Gasteiger partial charge is 0.338 e. The summed E-state index contributed by atoms with van der Waals surface area (Å²) in [4.78, 5) is 24.4. The van der Waals surface area contributed by atoms with Gasteiger partial charge in [0.05, 0.1) is 24.1 Å². The third-order valence-corrected chi connectivity index (χ3v) is 5.25. The Labute approximate surface area is 165 Å². The van der Waals surface area contributed by atoms with E-state index in [-0.39, 0.29) is 6.61 Å². The Hall–Kier alpha value is -2.87. The number of aryl methyl sites for hydroxylation is 1. The van der Waals surface area contributed by atoms with Crippen LogP contribution in [0.1, 0.15) is 29.8 Å². The normalized spacial score (nSPS) is 12.1. The zero-order valence-corrected chi connectivity index (χ0v) is 17.1. The van der Waals surface area contributed by atoms with E-state index in [9.17, 15) is 18.0 Å². The number of anilines is 2. The summed E-state index contributed by atoms with van der Waals surface area (Å²) in [6.07, 6.45) is 1.06. The second-order valence-electron chi connectivity index (χ2n) is 6.36. The Morgan fingerprint density at radius 3 is 2.32 bits per heavy atom. The van der Waals surface area contributed by atoms with E-state index in [0.29, 0.717) is 16.9 Å². The van der Waals surface area contributed by atoms with Gasteiger partial charge in [0.15, 0.2) is 0 Å². The second kappa shape index (κ2) is 8.88. The zero-order valence-electron chi connectivity index (χ0n) is 16.3. The summed E-state index contributed by atoms with van der Waals surface area (Å²) >= 11 is 0. The van der Waals surface area contributed by atoms with Gasteiger partial charge in [-0.2, -0.15) is 0 Å². The van der Waals surface area contributed by atoms with Crippen molar-refractivity contribution in [3.05, 3.63) is 59.7 Å². The summed E-state index contributed by atoms with van der Waals surface area (Å²) < 4.78 is 30.6. The minimum Gasteiger partial charge on any atom is -0.462 e. The van der Waals surface area contributed by atoms with Crippen LogP contribution in [0.2, 0.25) is 0 Å². The third kappa shape index (κ3) is 5.32. The lowest BCUT2D eigenvalue weighted by atomic mass is 10.2. The van der Waals surface area contributed by atoms with Crippen molar-refractivity contribution >= 4 is 33.3 Å². The number of sulfonamides is 1. The number of rotatable bonds is 7. The van der Waals surface area contributed by atoms with Crippen LogP contribution in [0.3, 0.4) is 0 Å². The van der Waals surface area contributed by atoms with Gasteiger partial charge >= 0.3 is 5.97 Å². The molecule has 2 rings (SSSR count). The average Bonchev–Trinajstić information content (AvgIpc) is 2.61. The lowest BCUT2D eigenvalue weighted by Crippen LogP contribution is -2.45. The standard InChI is InChI=1S/C20H24N2O5S/c1-5-27-20(24)16-9-11-17(12-10-16)21-19(23)15(3)22(28(4,25)26)18-8-6-7-14(2)13-18/h6-13,15H,5H2,1-4H3,(H,21,23). The summed E-state index contributed by atoms with van der Waals surface area (Å²) in [5.74, 6) is -0.938. The monoisotopic (exact) mass is 404 g/mol. The molecule has 8 heteroatoms. The van der Waals surface area contributed by atoms with Crippen LogP contribution in [0, 0.1) is 6.92 Å². The molecule has 0 bridgehead atoms. The first-order valence-electron chi connectivity index (χ1n) is 8.77. The van der Waals surface area contributed by atoms with E-state index in [1.54, 1.807) is 37.3 Å². The molecule has 0 aromatic heterocycles. The molecule has 0 radical (unpaired) electrons. The van der Waals surface area contributed by atoms with Crippen LogP contribution in [-0.2, 0) is 19.6 Å².